The van der Waals surface area contributed by atoms with Crippen LogP contribution >= 0.6 is 0 Å². The highest BCUT2D eigenvalue weighted by atomic mass is 16.2. The molecular weight excluding hydrogens is 352 g/mol. The Morgan fingerprint density at radius 3 is 2.71 bits per heavy atom. The van der Waals surface area contributed by atoms with E-state index in [4.69, 9.17) is 0 Å². The fourth-order valence-electron chi connectivity index (χ4n) is 4.81. The molecule has 2 saturated heterocycles. The molecule has 0 radical (unpaired) electrons. The van der Waals surface area contributed by atoms with Crippen LogP contribution in [-0.2, 0) is 18.4 Å². The highest BCUT2D eigenvalue weighted by Crippen LogP contribution is 2.25. The third-order valence-electron chi connectivity index (χ3n) is 6.45. The molecule has 3 heterocycles. The van der Waals surface area contributed by atoms with Crippen molar-refractivity contribution in [3.8, 4) is 0 Å². The Morgan fingerprint density at radius 2 is 1.96 bits per heavy atom. The number of likely N-dealkylation sites (tertiary alicyclic amines) is 2. The summed E-state index contributed by atoms with van der Waals surface area (Å²) in [5, 5.41) is 4.36. The molecular formula is C22H30N4O2. The van der Waals surface area contributed by atoms with Gasteiger partial charge in [0.2, 0.25) is 5.91 Å². The minimum absolute atomic E-state index is 0.00180. The van der Waals surface area contributed by atoms with Crippen molar-refractivity contribution in [2.45, 2.75) is 51.6 Å². The third-order valence-corrected chi connectivity index (χ3v) is 6.45. The Balaban J connectivity index is 1.37. The number of hydrogen-bond acceptors (Lipinski definition) is 2. The molecule has 150 valence electrons. The molecule has 28 heavy (non-hydrogen) atoms. The lowest BCUT2D eigenvalue weighted by Gasteiger charge is -2.27. The zero-order valence-electron chi connectivity index (χ0n) is 16.9. The van der Waals surface area contributed by atoms with Crippen LogP contribution in [0.1, 0.15) is 43.4 Å². The van der Waals surface area contributed by atoms with Crippen LogP contribution in [0.15, 0.2) is 24.3 Å². The van der Waals surface area contributed by atoms with E-state index in [9.17, 15) is 9.59 Å². The fourth-order valence-corrected chi connectivity index (χ4v) is 4.81. The summed E-state index contributed by atoms with van der Waals surface area (Å²) in [7, 11) is 2.06. The molecule has 6 heteroatoms. The molecule has 1 atom stereocenters. The number of carbonyl (C=O) groups excluding carboxylic acids is 2. The normalized spacial score (nSPS) is 20.6. The summed E-state index contributed by atoms with van der Waals surface area (Å²) in [6, 6.07) is 8.64. The summed E-state index contributed by atoms with van der Waals surface area (Å²) < 4.78 is 2.17. The largest absolute Gasteiger partial charge is 0.346 e. The van der Waals surface area contributed by atoms with Crippen molar-refractivity contribution in [2.75, 3.05) is 19.6 Å². The van der Waals surface area contributed by atoms with E-state index in [-0.39, 0.29) is 11.9 Å². The van der Waals surface area contributed by atoms with E-state index in [0.717, 1.165) is 44.5 Å². The van der Waals surface area contributed by atoms with Gasteiger partial charge in [0.05, 0.1) is 6.54 Å². The number of benzene rings is 1. The van der Waals surface area contributed by atoms with Gasteiger partial charge in [0, 0.05) is 55.7 Å². The number of fused-ring (bicyclic) bond motifs is 1. The molecule has 0 saturated carbocycles. The number of aryl methyl sites for hydroxylation is 2. The fraction of sp³-hybridized carbons (Fsp3) is 0.545. The number of nitrogens with one attached hydrogen (secondary N) is 1. The lowest BCUT2D eigenvalue weighted by atomic mass is 10.1. The second kappa shape index (κ2) is 7.86. The summed E-state index contributed by atoms with van der Waals surface area (Å²) in [4.78, 5) is 28.8. The molecule has 0 aliphatic carbocycles. The van der Waals surface area contributed by atoms with E-state index >= 15 is 0 Å². The lowest BCUT2D eigenvalue weighted by Crippen LogP contribution is -2.41. The van der Waals surface area contributed by atoms with E-state index in [0.29, 0.717) is 25.6 Å². The molecule has 1 aromatic heterocycles. The van der Waals surface area contributed by atoms with Crippen LogP contribution in [0.2, 0.25) is 0 Å². The number of nitrogens with zero attached hydrogens (tertiary/aromatic N) is 3. The number of hydrogen-bond donors (Lipinski definition) is 1. The number of para-hydroxylation sites is 1. The zero-order valence-corrected chi connectivity index (χ0v) is 16.9. The van der Waals surface area contributed by atoms with E-state index in [1.807, 2.05) is 15.9 Å². The maximum Gasteiger partial charge on any atom is 0.317 e. The quantitative estimate of drug-likeness (QED) is 0.886. The first kappa shape index (κ1) is 18.8. The molecule has 4 rings (SSSR count). The Bertz CT molecular complexity index is 849. The van der Waals surface area contributed by atoms with Crippen molar-refractivity contribution in [1.29, 1.82) is 0 Å². The van der Waals surface area contributed by atoms with Gasteiger partial charge in [-0.15, -0.1) is 0 Å². The van der Waals surface area contributed by atoms with Gasteiger partial charge in [0.1, 0.15) is 0 Å². The summed E-state index contributed by atoms with van der Waals surface area (Å²) in [6.07, 6.45) is 4.49. The first-order valence-electron chi connectivity index (χ1n) is 10.4. The van der Waals surface area contributed by atoms with Crippen LogP contribution in [0.25, 0.3) is 10.9 Å². The SMILES string of the molecule is Cc1c(CNC(=O)N2CCCC(N3CCCC3=O)CC2)n(C)c2ccccc12. The molecule has 2 aliphatic heterocycles. The van der Waals surface area contributed by atoms with Crippen molar-refractivity contribution < 1.29 is 9.59 Å². The Hall–Kier alpha value is -2.50. The van der Waals surface area contributed by atoms with E-state index < -0.39 is 0 Å². The second-order valence-electron chi connectivity index (χ2n) is 8.07. The molecule has 0 spiro atoms. The maximum atomic E-state index is 12.8. The molecule has 2 fully saturated rings. The molecule has 2 aromatic rings. The molecule has 3 amide bonds. The van der Waals surface area contributed by atoms with Gasteiger partial charge in [-0.2, -0.15) is 0 Å². The van der Waals surface area contributed by atoms with Crippen molar-refractivity contribution in [3.05, 3.63) is 35.5 Å². The van der Waals surface area contributed by atoms with E-state index in [1.54, 1.807) is 0 Å². The first-order chi connectivity index (χ1) is 13.6. The minimum Gasteiger partial charge on any atom is -0.346 e. The zero-order chi connectivity index (χ0) is 19.7. The van der Waals surface area contributed by atoms with Crippen LogP contribution in [-0.4, -0.2) is 52.0 Å². The standard InChI is InChI=1S/C22H30N4O2/c1-16-18-8-3-4-9-19(18)24(2)20(16)15-23-22(28)25-12-5-7-17(11-14-25)26-13-6-10-21(26)27/h3-4,8-9,17H,5-7,10-15H2,1-2H3,(H,23,28). The van der Waals surface area contributed by atoms with Gasteiger partial charge < -0.3 is 19.7 Å². The molecule has 0 bridgehead atoms. The smallest absolute Gasteiger partial charge is 0.317 e. The number of carbonyl (C=O) groups is 2. The average Bonchev–Trinajstić information content (AvgIpc) is 3.11. The average molecular weight is 383 g/mol. The van der Waals surface area contributed by atoms with Gasteiger partial charge >= 0.3 is 6.03 Å². The summed E-state index contributed by atoms with van der Waals surface area (Å²) in [6.45, 7) is 5.01. The number of aromatic nitrogens is 1. The van der Waals surface area contributed by atoms with E-state index in [1.165, 1.54) is 16.5 Å². The Morgan fingerprint density at radius 1 is 1.14 bits per heavy atom. The van der Waals surface area contributed by atoms with Crippen molar-refractivity contribution in [2.24, 2.45) is 7.05 Å². The van der Waals surface area contributed by atoms with Crippen molar-refractivity contribution in [3.63, 3.8) is 0 Å². The van der Waals surface area contributed by atoms with Gasteiger partial charge in [0.25, 0.3) is 0 Å². The van der Waals surface area contributed by atoms with Crippen LogP contribution < -0.4 is 5.32 Å². The van der Waals surface area contributed by atoms with Crippen LogP contribution in [0.5, 0.6) is 0 Å². The molecule has 1 N–H and O–H groups in total. The van der Waals surface area contributed by atoms with Gasteiger partial charge in [-0.1, -0.05) is 18.2 Å². The third kappa shape index (κ3) is 3.48. The highest BCUT2D eigenvalue weighted by molar-refractivity contribution is 5.85. The van der Waals surface area contributed by atoms with Crippen LogP contribution in [0.3, 0.4) is 0 Å². The lowest BCUT2D eigenvalue weighted by molar-refractivity contribution is -0.129. The van der Waals surface area contributed by atoms with Crippen LogP contribution in [0.4, 0.5) is 4.79 Å². The number of urea groups is 1. The van der Waals surface area contributed by atoms with Gasteiger partial charge in [-0.3, -0.25) is 4.79 Å². The second-order valence-corrected chi connectivity index (χ2v) is 8.07. The summed E-state index contributed by atoms with van der Waals surface area (Å²) in [5.41, 5.74) is 3.56. The highest BCUT2D eigenvalue weighted by Gasteiger charge is 2.30. The monoisotopic (exact) mass is 382 g/mol. The number of rotatable bonds is 3. The predicted molar refractivity (Wildman–Crippen MR) is 110 cm³/mol. The van der Waals surface area contributed by atoms with E-state index in [2.05, 4.69) is 42.1 Å². The first-order valence-corrected chi connectivity index (χ1v) is 10.4. The van der Waals surface area contributed by atoms with Gasteiger partial charge in [0.15, 0.2) is 0 Å². The van der Waals surface area contributed by atoms with Crippen molar-refractivity contribution >= 4 is 22.8 Å². The summed E-state index contributed by atoms with van der Waals surface area (Å²) >= 11 is 0. The Kier molecular flexibility index (Phi) is 5.29. The topological polar surface area (TPSA) is 57.6 Å². The molecule has 6 nitrogen and oxygen atoms in total. The minimum atomic E-state index is -0.00180. The molecule has 1 unspecified atom stereocenters. The molecule has 2 aliphatic rings. The summed E-state index contributed by atoms with van der Waals surface area (Å²) in [5.74, 6) is 0.286. The Labute approximate surface area is 166 Å². The van der Waals surface area contributed by atoms with Crippen LogP contribution in [0, 0.1) is 6.92 Å². The van der Waals surface area contributed by atoms with Gasteiger partial charge in [-0.25, -0.2) is 4.79 Å². The predicted octanol–water partition coefficient (Wildman–Crippen LogP) is 3.17. The number of amides is 3. The van der Waals surface area contributed by atoms with Crippen molar-refractivity contribution in [1.82, 2.24) is 19.7 Å². The maximum absolute atomic E-state index is 12.8. The molecule has 1 aromatic carbocycles. The van der Waals surface area contributed by atoms with Gasteiger partial charge in [-0.05, 0) is 44.2 Å².